The number of nitrogens with zero attached hydrogens (tertiary/aromatic N) is 6. The normalized spacial score (nSPS) is 20.1. The summed E-state index contributed by atoms with van der Waals surface area (Å²) in [6.45, 7) is 8.66. The first-order chi connectivity index (χ1) is 19.1. The summed E-state index contributed by atoms with van der Waals surface area (Å²) < 4.78 is 19.3. The third-order valence-electron chi connectivity index (χ3n) is 7.32. The Morgan fingerprint density at radius 2 is 1.69 bits per heavy atom. The summed E-state index contributed by atoms with van der Waals surface area (Å²) in [5, 5.41) is 17.2. The predicted molar refractivity (Wildman–Crippen MR) is 148 cm³/mol. The van der Waals surface area contributed by atoms with Crippen LogP contribution in [0.3, 0.4) is 0 Å². The lowest BCUT2D eigenvalue weighted by atomic mass is 9.90. The van der Waals surface area contributed by atoms with Gasteiger partial charge in [-0.1, -0.05) is 12.1 Å². The molecule has 3 heterocycles. The molecule has 3 aromatic rings. The Labute approximate surface area is 229 Å². The number of anilines is 2. The minimum absolute atomic E-state index is 0.147. The van der Waals surface area contributed by atoms with E-state index in [-0.39, 0.29) is 6.10 Å². The first kappa shape index (κ1) is 27.1. The van der Waals surface area contributed by atoms with Crippen molar-refractivity contribution < 1.29 is 14.2 Å². The molecule has 0 radical (unpaired) electrons. The van der Waals surface area contributed by atoms with Crippen molar-refractivity contribution >= 4 is 11.6 Å². The Morgan fingerprint density at radius 1 is 1.00 bits per heavy atom. The molecular weight excluding hydrogens is 494 g/mol. The van der Waals surface area contributed by atoms with E-state index in [1.165, 1.54) is 0 Å². The molecule has 0 atom stereocenters. The molecule has 206 valence electrons. The number of ether oxygens (including phenoxy) is 3. The lowest BCUT2D eigenvalue weighted by Crippen LogP contribution is -2.45. The summed E-state index contributed by atoms with van der Waals surface area (Å²) in [7, 11) is 0. The van der Waals surface area contributed by atoms with Crippen molar-refractivity contribution in [1.82, 2.24) is 24.6 Å². The molecule has 0 spiro atoms. The van der Waals surface area contributed by atoms with E-state index in [1.807, 2.05) is 36.9 Å². The predicted octanol–water partition coefficient (Wildman–Crippen LogP) is 4.58. The van der Waals surface area contributed by atoms with Gasteiger partial charge < -0.3 is 19.5 Å². The average molecular weight is 532 g/mol. The highest BCUT2D eigenvalue weighted by Gasteiger charge is 2.29. The number of aromatic nitrogens is 4. The first-order valence-corrected chi connectivity index (χ1v) is 13.8. The molecule has 0 unspecified atom stereocenters. The number of nitrogens with one attached hydrogen (secondary N) is 1. The van der Waals surface area contributed by atoms with E-state index in [4.69, 9.17) is 24.6 Å². The summed E-state index contributed by atoms with van der Waals surface area (Å²) in [6, 6.07) is 10.5. The van der Waals surface area contributed by atoms with Crippen molar-refractivity contribution in [1.29, 1.82) is 5.26 Å². The van der Waals surface area contributed by atoms with Gasteiger partial charge in [-0.05, 0) is 57.2 Å². The molecule has 10 nitrogen and oxygen atoms in total. The van der Waals surface area contributed by atoms with Crippen LogP contribution in [0.5, 0.6) is 5.88 Å². The summed E-state index contributed by atoms with van der Waals surface area (Å²) >= 11 is 0. The largest absolute Gasteiger partial charge is 0.473 e. The maximum Gasteiger partial charge on any atom is 0.257 e. The zero-order chi connectivity index (χ0) is 27.0. The molecule has 2 aliphatic rings. The zero-order valence-corrected chi connectivity index (χ0v) is 22.8. The molecule has 5 rings (SSSR count). The molecule has 0 bridgehead atoms. The van der Waals surface area contributed by atoms with Gasteiger partial charge in [-0.2, -0.15) is 5.26 Å². The lowest BCUT2D eigenvalue weighted by Gasteiger charge is -2.38. The van der Waals surface area contributed by atoms with E-state index in [2.05, 4.69) is 26.3 Å². The highest BCUT2D eigenvalue weighted by molar-refractivity contribution is 5.64. The molecular formula is C29H37N7O3. The molecule has 39 heavy (non-hydrogen) atoms. The number of rotatable bonds is 10. The van der Waals surface area contributed by atoms with Crippen molar-refractivity contribution in [3.63, 3.8) is 0 Å². The lowest BCUT2D eigenvalue weighted by molar-refractivity contribution is 0.00501. The Morgan fingerprint density at radius 3 is 2.36 bits per heavy atom. The van der Waals surface area contributed by atoms with Crippen molar-refractivity contribution in [2.45, 2.75) is 57.7 Å². The van der Waals surface area contributed by atoms with Gasteiger partial charge in [0.25, 0.3) is 5.88 Å². The number of morpholine rings is 1. The maximum absolute atomic E-state index is 9.03. The van der Waals surface area contributed by atoms with Gasteiger partial charge in [-0.25, -0.2) is 9.97 Å². The third kappa shape index (κ3) is 7.12. The Hall–Kier alpha value is -3.52. The van der Waals surface area contributed by atoms with E-state index < -0.39 is 0 Å². The van der Waals surface area contributed by atoms with E-state index in [0.29, 0.717) is 42.7 Å². The van der Waals surface area contributed by atoms with Crippen LogP contribution in [0, 0.1) is 11.3 Å². The molecule has 1 aromatic carbocycles. The van der Waals surface area contributed by atoms with E-state index in [1.54, 1.807) is 24.5 Å². The highest BCUT2D eigenvalue weighted by atomic mass is 16.5. The van der Waals surface area contributed by atoms with Crippen LogP contribution in [0.15, 0.2) is 42.9 Å². The fourth-order valence-electron chi connectivity index (χ4n) is 5.21. The molecule has 2 aromatic heterocycles. The second-order valence-corrected chi connectivity index (χ2v) is 10.3. The van der Waals surface area contributed by atoms with Crippen molar-refractivity contribution in [3.05, 3.63) is 48.4 Å². The van der Waals surface area contributed by atoms with Crippen LogP contribution < -0.4 is 10.1 Å². The molecule has 10 heteroatoms. The third-order valence-corrected chi connectivity index (χ3v) is 7.32. The number of benzene rings is 1. The average Bonchev–Trinajstić information content (AvgIpc) is 3.38. The van der Waals surface area contributed by atoms with Crippen LogP contribution in [0.25, 0.3) is 11.1 Å². The Kier molecular flexibility index (Phi) is 9.04. The number of hydrogen-bond acceptors (Lipinski definition) is 9. The van der Waals surface area contributed by atoms with Crippen molar-refractivity contribution in [3.8, 4) is 23.1 Å². The van der Waals surface area contributed by atoms with Crippen LogP contribution in [-0.4, -0.2) is 76.3 Å². The number of hydrogen-bond donors (Lipinski definition) is 1. The molecule has 1 saturated heterocycles. The van der Waals surface area contributed by atoms with Crippen LogP contribution in [0.2, 0.25) is 0 Å². The molecule has 0 amide bonds. The molecule has 1 N–H and O–H groups in total. The van der Waals surface area contributed by atoms with Crippen molar-refractivity contribution in [2.75, 3.05) is 44.8 Å². The van der Waals surface area contributed by atoms with Gasteiger partial charge in [0.05, 0.1) is 49.8 Å². The second kappa shape index (κ2) is 13.0. The van der Waals surface area contributed by atoms with Crippen LogP contribution in [0.1, 0.15) is 51.1 Å². The molecule has 2 fully saturated rings. The zero-order valence-electron chi connectivity index (χ0n) is 22.8. The smallest absolute Gasteiger partial charge is 0.257 e. The number of nitriles is 1. The van der Waals surface area contributed by atoms with Gasteiger partial charge in [-0.15, -0.1) is 5.10 Å². The first-order valence-electron chi connectivity index (χ1n) is 13.8. The summed E-state index contributed by atoms with van der Waals surface area (Å²) in [5.41, 5.74) is 3.19. The van der Waals surface area contributed by atoms with Crippen LogP contribution in [0.4, 0.5) is 11.6 Å². The Bertz CT molecular complexity index is 1220. The summed E-state index contributed by atoms with van der Waals surface area (Å²) in [4.78, 5) is 11.6. The van der Waals surface area contributed by atoms with Gasteiger partial charge in [-0.3, -0.25) is 9.58 Å². The second-order valence-electron chi connectivity index (χ2n) is 10.3. The fraction of sp³-hybridized carbons (Fsp3) is 0.517. The van der Waals surface area contributed by atoms with Crippen molar-refractivity contribution in [2.24, 2.45) is 0 Å². The van der Waals surface area contributed by atoms with E-state index in [0.717, 1.165) is 68.8 Å². The van der Waals surface area contributed by atoms with Gasteiger partial charge in [0, 0.05) is 37.1 Å². The van der Waals surface area contributed by atoms with Crippen LogP contribution in [-0.2, 0) is 9.47 Å². The fourth-order valence-corrected chi connectivity index (χ4v) is 5.21. The minimum atomic E-state index is 0.147. The Balaban J connectivity index is 1.26. The highest BCUT2D eigenvalue weighted by Crippen LogP contribution is 2.34. The minimum Gasteiger partial charge on any atom is -0.473 e. The quantitative estimate of drug-likeness (QED) is 0.376. The van der Waals surface area contributed by atoms with Gasteiger partial charge in [0.15, 0.2) is 0 Å². The maximum atomic E-state index is 9.03. The van der Waals surface area contributed by atoms with E-state index in [9.17, 15) is 0 Å². The SMILES string of the molecule is CC(C)OCCOc1nn(C2CCC(N3CCOCC3)CC2)cc1Nc1ncc(-c2ccc(C#N)cc2)cn1. The molecule has 1 aliphatic carbocycles. The standard InChI is InChI=1S/C29H37N7O3/c1-21(2)38-15-16-39-28-27(33-29-31-18-24(19-32-29)23-5-3-22(17-30)4-6-23)20-36(34-28)26-9-7-25(8-10-26)35-11-13-37-14-12-35/h3-6,18-21,25-26H,7-16H2,1-2H3,(H,31,32,33). The molecule has 1 aliphatic heterocycles. The van der Waals surface area contributed by atoms with Gasteiger partial charge in [0.1, 0.15) is 12.3 Å². The monoisotopic (exact) mass is 531 g/mol. The van der Waals surface area contributed by atoms with Gasteiger partial charge >= 0.3 is 0 Å². The van der Waals surface area contributed by atoms with Crippen LogP contribution >= 0.6 is 0 Å². The van der Waals surface area contributed by atoms with E-state index >= 15 is 0 Å². The molecule has 1 saturated carbocycles. The summed E-state index contributed by atoms with van der Waals surface area (Å²) in [5.74, 6) is 0.990. The topological polar surface area (TPSA) is 110 Å². The van der Waals surface area contributed by atoms with Gasteiger partial charge in [0.2, 0.25) is 5.95 Å². The summed E-state index contributed by atoms with van der Waals surface area (Å²) in [6.07, 6.45) is 10.2.